The van der Waals surface area contributed by atoms with Crippen LogP contribution < -0.4 is 10.6 Å². The summed E-state index contributed by atoms with van der Waals surface area (Å²) in [6.45, 7) is 3.56. The number of amides is 3. The number of nitrogens with zero attached hydrogens (tertiary/aromatic N) is 1. The van der Waals surface area contributed by atoms with E-state index in [4.69, 9.17) is 5.11 Å². The van der Waals surface area contributed by atoms with Crippen molar-refractivity contribution in [1.82, 2.24) is 15.5 Å². The van der Waals surface area contributed by atoms with Crippen LogP contribution in [0.15, 0.2) is 0 Å². The lowest BCUT2D eigenvalue weighted by atomic mass is 10.0. The highest BCUT2D eigenvalue weighted by atomic mass is 16.4. The summed E-state index contributed by atoms with van der Waals surface area (Å²) in [6, 6.07) is -0.429. The first-order valence-corrected chi connectivity index (χ1v) is 6.44. The second-order valence-corrected chi connectivity index (χ2v) is 5.36. The molecule has 1 fully saturated rings. The number of carbonyl (C=O) groups is 3. The standard InChI is InChI=1S/C12H21N3O5/c1-8(16)14-9-3-4-15(6-9)11(19)13-7-12(2,20)5-10(17)18/h9,20H,3-7H2,1-2H3,(H,13,19)(H,14,16)(H,17,18). The van der Waals surface area contributed by atoms with E-state index in [2.05, 4.69) is 10.6 Å². The van der Waals surface area contributed by atoms with Crippen LogP contribution in [0.5, 0.6) is 0 Å². The molecule has 1 aliphatic heterocycles. The van der Waals surface area contributed by atoms with Crippen molar-refractivity contribution in [3.63, 3.8) is 0 Å². The highest BCUT2D eigenvalue weighted by Crippen LogP contribution is 2.11. The number of nitrogens with one attached hydrogen (secondary N) is 2. The Balaban J connectivity index is 2.37. The maximum absolute atomic E-state index is 11.9. The SMILES string of the molecule is CC(=O)NC1CCN(C(=O)NCC(C)(O)CC(=O)O)C1. The number of carboxylic acid groups (broad SMARTS) is 1. The Hall–Kier alpha value is -1.83. The fourth-order valence-corrected chi connectivity index (χ4v) is 2.12. The van der Waals surface area contributed by atoms with E-state index in [9.17, 15) is 19.5 Å². The van der Waals surface area contributed by atoms with Gasteiger partial charge < -0.3 is 25.7 Å². The fraction of sp³-hybridized carbons (Fsp3) is 0.750. The van der Waals surface area contributed by atoms with Gasteiger partial charge in [0.2, 0.25) is 5.91 Å². The van der Waals surface area contributed by atoms with Crippen molar-refractivity contribution in [3.8, 4) is 0 Å². The predicted molar refractivity (Wildman–Crippen MR) is 70.1 cm³/mol. The molecule has 2 unspecified atom stereocenters. The molecule has 0 radical (unpaired) electrons. The van der Waals surface area contributed by atoms with Crippen LogP contribution >= 0.6 is 0 Å². The number of aliphatic carboxylic acids is 1. The van der Waals surface area contributed by atoms with Gasteiger partial charge in [-0.1, -0.05) is 0 Å². The molecule has 0 bridgehead atoms. The smallest absolute Gasteiger partial charge is 0.317 e. The van der Waals surface area contributed by atoms with Crippen LogP contribution in [-0.4, -0.2) is 64.3 Å². The minimum Gasteiger partial charge on any atom is -0.481 e. The summed E-state index contributed by atoms with van der Waals surface area (Å²) in [5.74, 6) is -1.27. The van der Waals surface area contributed by atoms with Gasteiger partial charge in [0.1, 0.15) is 0 Å². The first-order chi connectivity index (χ1) is 9.19. The summed E-state index contributed by atoms with van der Waals surface area (Å²) in [4.78, 5) is 34.8. The van der Waals surface area contributed by atoms with Crippen LogP contribution in [0, 0.1) is 0 Å². The maximum Gasteiger partial charge on any atom is 0.317 e. The molecule has 8 nitrogen and oxygen atoms in total. The molecule has 8 heteroatoms. The summed E-state index contributed by atoms with van der Waals surface area (Å²) in [5, 5.41) is 23.6. The highest BCUT2D eigenvalue weighted by Gasteiger charge is 2.29. The maximum atomic E-state index is 11.9. The lowest BCUT2D eigenvalue weighted by Gasteiger charge is -2.24. The van der Waals surface area contributed by atoms with E-state index in [1.807, 2.05) is 0 Å². The van der Waals surface area contributed by atoms with Gasteiger partial charge >= 0.3 is 12.0 Å². The molecule has 20 heavy (non-hydrogen) atoms. The third-order valence-corrected chi connectivity index (χ3v) is 3.04. The number of rotatable bonds is 5. The molecule has 1 aliphatic rings. The molecule has 2 atom stereocenters. The minimum atomic E-state index is -1.49. The molecule has 114 valence electrons. The van der Waals surface area contributed by atoms with Crippen molar-refractivity contribution >= 4 is 17.9 Å². The van der Waals surface area contributed by atoms with E-state index in [1.54, 1.807) is 0 Å². The van der Waals surface area contributed by atoms with Crippen LogP contribution in [0.2, 0.25) is 0 Å². The van der Waals surface area contributed by atoms with Gasteiger partial charge in [0.25, 0.3) is 0 Å². The number of aliphatic hydroxyl groups is 1. The van der Waals surface area contributed by atoms with Gasteiger partial charge in [0.15, 0.2) is 0 Å². The Labute approximate surface area is 117 Å². The Morgan fingerprint density at radius 1 is 1.40 bits per heavy atom. The van der Waals surface area contributed by atoms with Gasteiger partial charge in [-0.2, -0.15) is 0 Å². The van der Waals surface area contributed by atoms with Crippen LogP contribution in [0.4, 0.5) is 4.79 Å². The topological polar surface area (TPSA) is 119 Å². The zero-order valence-electron chi connectivity index (χ0n) is 11.7. The Bertz CT molecular complexity index is 397. The molecule has 0 aromatic heterocycles. The normalized spacial score (nSPS) is 21.1. The van der Waals surface area contributed by atoms with Crippen LogP contribution in [0.1, 0.15) is 26.7 Å². The van der Waals surface area contributed by atoms with Crippen LogP contribution in [-0.2, 0) is 9.59 Å². The second-order valence-electron chi connectivity index (χ2n) is 5.36. The van der Waals surface area contributed by atoms with Crippen molar-refractivity contribution in [1.29, 1.82) is 0 Å². The van der Waals surface area contributed by atoms with E-state index in [0.29, 0.717) is 19.5 Å². The van der Waals surface area contributed by atoms with E-state index >= 15 is 0 Å². The lowest BCUT2D eigenvalue weighted by molar-refractivity contribution is -0.141. The van der Waals surface area contributed by atoms with E-state index in [0.717, 1.165) is 0 Å². The molecule has 1 heterocycles. The second kappa shape index (κ2) is 6.56. The molecule has 0 aromatic carbocycles. The average Bonchev–Trinajstić information content (AvgIpc) is 2.71. The van der Waals surface area contributed by atoms with Crippen LogP contribution in [0.25, 0.3) is 0 Å². The number of likely N-dealkylation sites (tertiary alicyclic amines) is 1. The molecule has 4 N–H and O–H groups in total. The van der Waals surface area contributed by atoms with Crippen molar-refractivity contribution in [2.24, 2.45) is 0 Å². The van der Waals surface area contributed by atoms with Crippen molar-refractivity contribution in [2.75, 3.05) is 19.6 Å². The van der Waals surface area contributed by atoms with Crippen molar-refractivity contribution in [3.05, 3.63) is 0 Å². The zero-order chi connectivity index (χ0) is 15.3. The molecule has 1 saturated heterocycles. The Kier molecular flexibility index (Phi) is 5.32. The quantitative estimate of drug-likeness (QED) is 0.524. The van der Waals surface area contributed by atoms with Gasteiger partial charge in [-0.15, -0.1) is 0 Å². The van der Waals surface area contributed by atoms with Gasteiger partial charge in [-0.3, -0.25) is 9.59 Å². The fourth-order valence-electron chi connectivity index (χ4n) is 2.12. The van der Waals surface area contributed by atoms with E-state index in [1.165, 1.54) is 18.7 Å². The highest BCUT2D eigenvalue weighted by molar-refractivity contribution is 5.76. The number of hydrogen-bond donors (Lipinski definition) is 4. The molecule has 3 amide bonds. The molecule has 0 spiro atoms. The van der Waals surface area contributed by atoms with E-state index < -0.39 is 18.0 Å². The van der Waals surface area contributed by atoms with Gasteiger partial charge in [0, 0.05) is 32.6 Å². The van der Waals surface area contributed by atoms with Gasteiger partial charge in [0.05, 0.1) is 12.0 Å². The molecule has 1 rings (SSSR count). The van der Waals surface area contributed by atoms with Crippen molar-refractivity contribution in [2.45, 2.75) is 38.3 Å². The third-order valence-electron chi connectivity index (χ3n) is 3.04. The predicted octanol–water partition coefficient (Wildman–Crippen LogP) is -0.868. The summed E-state index contributed by atoms with van der Waals surface area (Å²) in [6.07, 6.45) is 0.236. The van der Waals surface area contributed by atoms with Crippen molar-refractivity contribution < 1.29 is 24.6 Å². The molecule has 0 aliphatic carbocycles. The first kappa shape index (κ1) is 16.2. The molecule has 0 saturated carbocycles. The number of carboxylic acids is 1. The molecule has 0 aromatic rings. The largest absolute Gasteiger partial charge is 0.481 e. The van der Waals surface area contributed by atoms with Gasteiger partial charge in [-0.05, 0) is 13.3 Å². The first-order valence-electron chi connectivity index (χ1n) is 6.44. The number of hydrogen-bond acceptors (Lipinski definition) is 4. The monoisotopic (exact) mass is 287 g/mol. The van der Waals surface area contributed by atoms with E-state index in [-0.39, 0.29) is 24.5 Å². The number of carbonyl (C=O) groups excluding carboxylic acids is 2. The van der Waals surface area contributed by atoms with Crippen LogP contribution in [0.3, 0.4) is 0 Å². The zero-order valence-corrected chi connectivity index (χ0v) is 11.7. The summed E-state index contributed by atoms with van der Waals surface area (Å²) in [7, 11) is 0. The summed E-state index contributed by atoms with van der Waals surface area (Å²) >= 11 is 0. The number of urea groups is 1. The minimum absolute atomic E-state index is 0.0576. The Morgan fingerprint density at radius 2 is 2.05 bits per heavy atom. The lowest BCUT2D eigenvalue weighted by Crippen LogP contribution is -2.47. The Morgan fingerprint density at radius 3 is 2.60 bits per heavy atom. The molecular weight excluding hydrogens is 266 g/mol. The van der Waals surface area contributed by atoms with Gasteiger partial charge in [-0.25, -0.2) is 4.79 Å². The summed E-state index contributed by atoms with van der Waals surface area (Å²) < 4.78 is 0. The molecular formula is C12H21N3O5. The average molecular weight is 287 g/mol. The third kappa shape index (κ3) is 5.43. The summed E-state index contributed by atoms with van der Waals surface area (Å²) in [5.41, 5.74) is -1.49.